The molecule has 3 heterocycles. The number of anilines is 2. The highest BCUT2D eigenvalue weighted by molar-refractivity contribution is 7.15. The average Bonchev–Trinajstić information content (AvgIpc) is 2.98. The zero-order valence-electron chi connectivity index (χ0n) is 14.5. The van der Waals surface area contributed by atoms with E-state index in [1.807, 2.05) is 14.0 Å². The number of amides is 2. The van der Waals surface area contributed by atoms with Crippen LogP contribution in [0.2, 0.25) is 0 Å². The summed E-state index contributed by atoms with van der Waals surface area (Å²) in [5.41, 5.74) is 2.49. The number of likely N-dealkylation sites (N-methyl/N-ethyl adjacent to an activating group) is 1. The van der Waals surface area contributed by atoms with Crippen molar-refractivity contribution in [3.05, 3.63) is 28.4 Å². The van der Waals surface area contributed by atoms with Gasteiger partial charge in [0, 0.05) is 31.2 Å². The van der Waals surface area contributed by atoms with Crippen molar-refractivity contribution < 1.29 is 4.79 Å². The van der Waals surface area contributed by atoms with E-state index < -0.39 is 0 Å². The van der Waals surface area contributed by atoms with Crippen molar-refractivity contribution in [3.8, 4) is 0 Å². The third-order valence-corrected chi connectivity index (χ3v) is 5.77. The van der Waals surface area contributed by atoms with E-state index in [0.29, 0.717) is 5.13 Å². The van der Waals surface area contributed by atoms with Gasteiger partial charge in [0.2, 0.25) is 0 Å². The molecule has 8 heteroatoms. The molecule has 1 saturated heterocycles. The molecule has 1 aliphatic carbocycles. The Hall–Kier alpha value is -2.22. The van der Waals surface area contributed by atoms with E-state index in [9.17, 15) is 4.79 Å². The summed E-state index contributed by atoms with van der Waals surface area (Å²) in [4.78, 5) is 21.5. The van der Waals surface area contributed by atoms with Gasteiger partial charge in [-0.2, -0.15) is 5.10 Å². The van der Waals surface area contributed by atoms with E-state index in [1.54, 1.807) is 11.1 Å². The van der Waals surface area contributed by atoms with Gasteiger partial charge in [0.25, 0.3) is 0 Å². The highest BCUT2D eigenvalue weighted by atomic mass is 32.1. The molecule has 25 heavy (non-hydrogen) atoms. The molecule has 0 aromatic carbocycles. The number of hydrogen-bond acceptors (Lipinski definition) is 6. The van der Waals surface area contributed by atoms with E-state index in [2.05, 4.69) is 31.5 Å². The van der Waals surface area contributed by atoms with Crippen LogP contribution in [-0.2, 0) is 12.8 Å². The minimum absolute atomic E-state index is 0.115. The zero-order valence-corrected chi connectivity index (χ0v) is 15.3. The first kappa shape index (κ1) is 16.3. The molecule has 1 aliphatic heterocycles. The van der Waals surface area contributed by atoms with Gasteiger partial charge < -0.3 is 9.80 Å². The van der Waals surface area contributed by atoms with E-state index in [4.69, 9.17) is 0 Å². The molecule has 2 aliphatic rings. The Morgan fingerprint density at radius 3 is 2.88 bits per heavy atom. The monoisotopic (exact) mass is 358 g/mol. The maximum absolute atomic E-state index is 12.3. The second kappa shape index (κ2) is 6.59. The largest absolute Gasteiger partial charge is 0.351 e. The highest BCUT2D eigenvalue weighted by Crippen LogP contribution is 2.26. The van der Waals surface area contributed by atoms with Crippen LogP contribution in [0, 0.1) is 6.92 Å². The highest BCUT2D eigenvalue weighted by Gasteiger charge is 2.34. The summed E-state index contributed by atoms with van der Waals surface area (Å²) in [6.07, 6.45) is 6.36. The predicted octanol–water partition coefficient (Wildman–Crippen LogP) is 2.47. The number of hydrogen-bond donors (Lipinski definition) is 1. The lowest BCUT2D eigenvalue weighted by Crippen LogP contribution is -2.60. The molecule has 2 aromatic rings. The summed E-state index contributed by atoms with van der Waals surface area (Å²) < 4.78 is 0. The number of nitrogens with zero attached hydrogens (tertiary/aromatic N) is 5. The fourth-order valence-corrected chi connectivity index (χ4v) is 3.93. The molecule has 1 fully saturated rings. The number of thiazole rings is 1. The maximum atomic E-state index is 12.3. The minimum atomic E-state index is -0.115. The second-order valence-electron chi connectivity index (χ2n) is 6.76. The van der Waals surface area contributed by atoms with Crippen LogP contribution >= 0.6 is 11.3 Å². The molecule has 132 valence electrons. The molecule has 0 unspecified atom stereocenters. The van der Waals surface area contributed by atoms with Crippen LogP contribution in [0.3, 0.4) is 0 Å². The van der Waals surface area contributed by atoms with Crippen molar-refractivity contribution in [1.29, 1.82) is 0 Å². The summed E-state index contributed by atoms with van der Waals surface area (Å²) >= 11 is 1.48. The standard InChI is InChI=1S/C17H22N6OS/c1-11-8-18-16(25-11)19-17(24)22(2)13-9-23(10-13)15-7-12-5-3-4-6-14(12)20-21-15/h7-8,13H,3-6,9-10H2,1-2H3,(H,18,19,24). The summed E-state index contributed by atoms with van der Waals surface area (Å²) in [5, 5.41) is 12.3. The van der Waals surface area contributed by atoms with E-state index >= 15 is 0 Å². The molecule has 2 amide bonds. The third-order valence-electron chi connectivity index (χ3n) is 4.95. The quantitative estimate of drug-likeness (QED) is 0.912. The lowest BCUT2D eigenvalue weighted by atomic mass is 9.96. The Kier molecular flexibility index (Phi) is 4.29. The zero-order chi connectivity index (χ0) is 17.4. The van der Waals surface area contributed by atoms with Gasteiger partial charge in [-0.3, -0.25) is 5.32 Å². The first-order chi connectivity index (χ1) is 12.1. The Bertz CT molecular complexity index is 785. The number of carbonyl (C=O) groups excluding carboxylic acids is 1. The van der Waals surface area contributed by atoms with E-state index in [0.717, 1.165) is 42.3 Å². The number of aromatic nitrogens is 3. The molecular formula is C17H22N6OS. The number of fused-ring (bicyclic) bond motifs is 1. The van der Waals surface area contributed by atoms with Crippen molar-refractivity contribution >= 4 is 28.3 Å². The van der Waals surface area contributed by atoms with Gasteiger partial charge >= 0.3 is 6.03 Å². The van der Waals surface area contributed by atoms with Gasteiger partial charge in [0.05, 0.1) is 11.7 Å². The number of rotatable bonds is 3. The van der Waals surface area contributed by atoms with Gasteiger partial charge in [-0.15, -0.1) is 16.4 Å². The minimum Gasteiger partial charge on any atom is -0.351 e. The summed E-state index contributed by atoms with van der Waals surface area (Å²) in [5.74, 6) is 0.932. The normalized spacial score (nSPS) is 17.0. The molecule has 0 saturated carbocycles. The van der Waals surface area contributed by atoms with E-state index in [-0.39, 0.29) is 12.1 Å². The molecule has 2 aromatic heterocycles. The van der Waals surface area contributed by atoms with Crippen LogP contribution in [0.4, 0.5) is 15.7 Å². The number of aryl methyl sites for hydroxylation is 3. The lowest BCUT2D eigenvalue weighted by molar-refractivity contribution is 0.191. The molecule has 4 rings (SSSR count). The summed E-state index contributed by atoms with van der Waals surface area (Å²) in [6.45, 7) is 3.54. The molecule has 0 spiro atoms. The second-order valence-corrected chi connectivity index (χ2v) is 7.99. The van der Waals surface area contributed by atoms with Crippen molar-refractivity contribution in [1.82, 2.24) is 20.1 Å². The Labute approximate surface area is 151 Å². The third kappa shape index (κ3) is 3.30. The molecule has 0 radical (unpaired) electrons. The van der Waals surface area contributed by atoms with Crippen LogP contribution in [0.1, 0.15) is 29.0 Å². The van der Waals surface area contributed by atoms with Crippen molar-refractivity contribution in [2.45, 2.75) is 38.6 Å². The predicted molar refractivity (Wildman–Crippen MR) is 98.3 cm³/mol. The first-order valence-corrected chi connectivity index (χ1v) is 9.48. The first-order valence-electron chi connectivity index (χ1n) is 8.67. The van der Waals surface area contributed by atoms with E-state index in [1.165, 1.54) is 29.7 Å². The molecule has 0 bridgehead atoms. The number of carbonyl (C=O) groups is 1. The van der Waals surface area contributed by atoms with Crippen molar-refractivity contribution in [3.63, 3.8) is 0 Å². The fourth-order valence-electron chi connectivity index (χ4n) is 3.28. The van der Waals surface area contributed by atoms with Crippen molar-refractivity contribution in [2.24, 2.45) is 0 Å². The van der Waals surface area contributed by atoms with Gasteiger partial charge in [0.1, 0.15) is 0 Å². The Morgan fingerprint density at radius 1 is 1.32 bits per heavy atom. The van der Waals surface area contributed by atoms with Crippen molar-refractivity contribution in [2.75, 3.05) is 30.4 Å². The lowest BCUT2D eigenvalue weighted by Gasteiger charge is -2.44. The van der Waals surface area contributed by atoms with Gasteiger partial charge in [0.15, 0.2) is 10.9 Å². The fraction of sp³-hybridized carbons (Fsp3) is 0.529. The SMILES string of the molecule is Cc1cnc(NC(=O)N(C)C2CN(c3cc4c(nn3)CCCC4)C2)s1. The molecule has 1 N–H and O–H groups in total. The Balaban J connectivity index is 1.34. The molecule has 7 nitrogen and oxygen atoms in total. The van der Waals surface area contributed by atoms with Crippen LogP contribution in [0.25, 0.3) is 0 Å². The van der Waals surface area contributed by atoms with Crippen LogP contribution in [-0.4, -0.2) is 52.3 Å². The maximum Gasteiger partial charge on any atom is 0.323 e. The van der Waals surface area contributed by atoms with Crippen LogP contribution in [0.5, 0.6) is 0 Å². The summed E-state index contributed by atoms with van der Waals surface area (Å²) in [7, 11) is 1.83. The topological polar surface area (TPSA) is 74.2 Å². The van der Waals surface area contributed by atoms with Crippen LogP contribution < -0.4 is 10.2 Å². The summed E-state index contributed by atoms with van der Waals surface area (Å²) in [6, 6.07) is 2.24. The van der Waals surface area contributed by atoms with Gasteiger partial charge in [-0.25, -0.2) is 9.78 Å². The molecular weight excluding hydrogens is 336 g/mol. The average molecular weight is 358 g/mol. The smallest absolute Gasteiger partial charge is 0.323 e. The van der Waals surface area contributed by atoms with Crippen LogP contribution in [0.15, 0.2) is 12.3 Å². The van der Waals surface area contributed by atoms with Gasteiger partial charge in [-0.05, 0) is 44.2 Å². The molecule has 0 atom stereocenters. The number of urea groups is 1. The Morgan fingerprint density at radius 2 is 2.12 bits per heavy atom. The van der Waals surface area contributed by atoms with Gasteiger partial charge in [-0.1, -0.05) is 0 Å². The number of nitrogens with one attached hydrogen (secondary N) is 1.